The molecule has 1 amide bonds. The molecule has 0 aliphatic heterocycles. The summed E-state index contributed by atoms with van der Waals surface area (Å²) in [5.74, 6) is -0.711. The van der Waals surface area contributed by atoms with Gasteiger partial charge >= 0.3 is 0 Å². The van der Waals surface area contributed by atoms with Crippen molar-refractivity contribution in [1.29, 1.82) is 0 Å². The SMILES string of the molecule is CC(=O)C(NC(=O)/C(C)=C(/C)C(=O)COC(C)C)C(C)C. The lowest BCUT2D eigenvalue weighted by atomic mass is 9.99. The number of amides is 1. The second-order valence-electron chi connectivity index (χ2n) is 5.84. The molecule has 1 unspecified atom stereocenters. The number of hydrogen-bond acceptors (Lipinski definition) is 4. The number of carbonyl (C=O) groups is 3. The number of nitrogens with one attached hydrogen (secondary N) is 1. The summed E-state index contributed by atoms with van der Waals surface area (Å²) in [5.41, 5.74) is 0.679. The number of Topliss-reactive ketones (excluding diaryl/α,β-unsaturated/α-hetero) is 2. The van der Waals surface area contributed by atoms with Gasteiger partial charge in [0, 0.05) is 11.1 Å². The van der Waals surface area contributed by atoms with Crippen molar-refractivity contribution in [2.45, 2.75) is 60.6 Å². The van der Waals surface area contributed by atoms with E-state index in [-0.39, 0.29) is 36.1 Å². The van der Waals surface area contributed by atoms with Crippen LogP contribution in [0.2, 0.25) is 0 Å². The van der Waals surface area contributed by atoms with Crippen LogP contribution in [-0.2, 0) is 19.1 Å². The second-order valence-corrected chi connectivity index (χ2v) is 5.84. The lowest BCUT2D eigenvalue weighted by Gasteiger charge is -2.20. The average Bonchev–Trinajstić information content (AvgIpc) is 2.39. The van der Waals surface area contributed by atoms with Crippen LogP contribution in [0.25, 0.3) is 0 Å². The Morgan fingerprint density at radius 2 is 1.48 bits per heavy atom. The van der Waals surface area contributed by atoms with E-state index in [1.165, 1.54) is 6.92 Å². The van der Waals surface area contributed by atoms with Crippen molar-refractivity contribution >= 4 is 17.5 Å². The maximum Gasteiger partial charge on any atom is 0.247 e. The van der Waals surface area contributed by atoms with E-state index in [2.05, 4.69) is 5.32 Å². The Balaban J connectivity index is 4.91. The molecule has 5 heteroatoms. The van der Waals surface area contributed by atoms with Crippen LogP contribution in [0, 0.1) is 5.92 Å². The molecule has 1 atom stereocenters. The first-order valence-electron chi connectivity index (χ1n) is 7.21. The van der Waals surface area contributed by atoms with E-state index < -0.39 is 6.04 Å². The smallest absolute Gasteiger partial charge is 0.247 e. The van der Waals surface area contributed by atoms with Gasteiger partial charge in [-0.05, 0) is 40.5 Å². The molecule has 120 valence electrons. The Morgan fingerprint density at radius 3 is 1.86 bits per heavy atom. The Labute approximate surface area is 127 Å². The first kappa shape index (κ1) is 19.5. The normalized spacial score (nSPS) is 14.0. The monoisotopic (exact) mass is 297 g/mol. The van der Waals surface area contributed by atoms with Crippen molar-refractivity contribution in [2.75, 3.05) is 6.61 Å². The maximum absolute atomic E-state index is 12.1. The third kappa shape index (κ3) is 6.67. The van der Waals surface area contributed by atoms with Crippen molar-refractivity contribution < 1.29 is 19.1 Å². The molecule has 1 N–H and O–H groups in total. The second kappa shape index (κ2) is 8.72. The average molecular weight is 297 g/mol. The van der Waals surface area contributed by atoms with Crippen molar-refractivity contribution in [1.82, 2.24) is 5.32 Å². The zero-order chi connectivity index (χ0) is 16.7. The van der Waals surface area contributed by atoms with Crippen LogP contribution < -0.4 is 5.32 Å². The number of hydrogen-bond donors (Lipinski definition) is 1. The summed E-state index contributed by atoms with van der Waals surface area (Å²) in [7, 11) is 0. The molecule has 21 heavy (non-hydrogen) atoms. The fourth-order valence-corrected chi connectivity index (χ4v) is 1.72. The molecule has 0 aromatic rings. The summed E-state index contributed by atoms with van der Waals surface area (Å²) in [5, 5.41) is 2.68. The predicted octanol–water partition coefficient (Wildman–Crippen LogP) is 2.05. The van der Waals surface area contributed by atoms with Crippen LogP contribution in [0.3, 0.4) is 0 Å². The standard InChI is InChI=1S/C16H27NO4/c1-9(2)15(13(7)18)17-16(20)12(6)11(5)14(19)8-21-10(3)4/h9-10,15H,8H2,1-7H3,(H,17,20)/b12-11-. The Kier molecular flexibility index (Phi) is 8.10. The highest BCUT2D eigenvalue weighted by atomic mass is 16.5. The highest BCUT2D eigenvalue weighted by Gasteiger charge is 2.22. The van der Waals surface area contributed by atoms with Gasteiger partial charge in [0.25, 0.3) is 0 Å². The molecular weight excluding hydrogens is 270 g/mol. The van der Waals surface area contributed by atoms with Crippen molar-refractivity contribution in [3.63, 3.8) is 0 Å². The molecule has 0 aliphatic rings. The van der Waals surface area contributed by atoms with Crippen LogP contribution in [0.1, 0.15) is 48.5 Å². The fourth-order valence-electron chi connectivity index (χ4n) is 1.72. The van der Waals surface area contributed by atoms with Gasteiger partial charge in [-0.2, -0.15) is 0 Å². The molecule has 0 aromatic carbocycles. The molecule has 0 saturated carbocycles. The summed E-state index contributed by atoms with van der Waals surface area (Å²) in [6.07, 6.45) is -0.0427. The molecule has 0 spiro atoms. The maximum atomic E-state index is 12.1. The van der Waals surface area contributed by atoms with E-state index in [4.69, 9.17) is 4.74 Å². The zero-order valence-electron chi connectivity index (χ0n) is 14.1. The van der Waals surface area contributed by atoms with Gasteiger partial charge in [-0.3, -0.25) is 14.4 Å². The van der Waals surface area contributed by atoms with E-state index in [1.807, 2.05) is 27.7 Å². The molecule has 0 radical (unpaired) electrons. The lowest BCUT2D eigenvalue weighted by Crippen LogP contribution is -2.44. The minimum absolute atomic E-state index is 0.000433. The van der Waals surface area contributed by atoms with Crippen molar-refractivity contribution in [3.8, 4) is 0 Å². The van der Waals surface area contributed by atoms with E-state index >= 15 is 0 Å². The van der Waals surface area contributed by atoms with Crippen LogP contribution in [0.4, 0.5) is 0 Å². The zero-order valence-corrected chi connectivity index (χ0v) is 14.1. The Bertz CT molecular complexity index is 436. The van der Waals surface area contributed by atoms with Gasteiger partial charge in [0.05, 0.1) is 12.1 Å². The predicted molar refractivity (Wildman–Crippen MR) is 81.9 cm³/mol. The van der Waals surface area contributed by atoms with Crippen LogP contribution in [0.5, 0.6) is 0 Å². The molecule has 0 saturated heterocycles. The van der Waals surface area contributed by atoms with Gasteiger partial charge in [0.1, 0.15) is 6.61 Å². The van der Waals surface area contributed by atoms with Gasteiger partial charge in [0.2, 0.25) is 5.91 Å². The molecule has 0 aliphatic carbocycles. The Morgan fingerprint density at radius 1 is 0.952 bits per heavy atom. The molecule has 0 aromatic heterocycles. The summed E-state index contributed by atoms with van der Waals surface area (Å²) < 4.78 is 5.24. The molecular formula is C16H27NO4. The van der Waals surface area contributed by atoms with Crippen LogP contribution in [-0.4, -0.2) is 36.2 Å². The molecule has 0 bridgehead atoms. The van der Waals surface area contributed by atoms with Gasteiger partial charge in [-0.25, -0.2) is 0 Å². The first-order valence-corrected chi connectivity index (χ1v) is 7.21. The first-order chi connectivity index (χ1) is 9.57. The van der Waals surface area contributed by atoms with Gasteiger partial charge in [0.15, 0.2) is 11.6 Å². The van der Waals surface area contributed by atoms with Gasteiger partial charge in [-0.15, -0.1) is 0 Å². The Hall–Kier alpha value is -1.49. The van der Waals surface area contributed by atoms with Gasteiger partial charge in [-0.1, -0.05) is 13.8 Å². The summed E-state index contributed by atoms with van der Waals surface area (Å²) >= 11 is 0. The van der Waals surface area contributed by atoms with Crippen LogP contribution >= 0.6 is 0 Å². The fraction of sp³-hybridized carbons (Fsp3) is 0.688. The lowest BCUT2D eigenvalue weighted by molar-refractivity contribution is -0.126. The number of rotatable bonds is 8. The molecule has 0 fully saturated rings. The number of ether oxygens (including phenoxy) is 1. The summed E-state index contributed by atoms with van der Waals surface area (Å²) in [4.78, 5) is 35.6. The summed E-state index contributed by atoms with van der Waals surface area (Å²) in [6.45, 7) is 12.0. The highest BCUT2D eigenvalue weighted by molar-refractivity contribution is 6.06. The number of carbonyl (C=O) groups excluding carboxylic acids is 3. The minimum Gasteiger partial charge on any atom is -0.371 e. The van der Waals surface area contributed by atoms with Crippen LogP contribution in [0.15, 0.2) is 11.1 Å². The van der Waals surface area contributed by atoms with E-state index in [1.54, 1.807) is 13.8 Å². The third-order valence-electron chi connectivity index (χ3n) is 3.26. The highest BCUT2D eigenvalue weighted by Crippen LogP contribution is 2.09. The van der Waals surface area contributed by atoms with E-state index in [0.717, 1.165) is 0 Å². The quantitative estimate of drug-likeness (QED) is 0.696. The molecule has 0 rings (SSSR count). The van der Waals surface area contributed by atoms with Gasteiger partial charge < -0.3 is 10.1 Å². The van der Waals surface area contributed by atoms with E-state index in [9.17, 15) is 14.4 Å². The minimum atomic E-state index is -0.540. The molecule has 0 heterocycles. The van der Waals surface area contributed by atoms with E-state index in [0.29, 0.717) is 11.1 Å². The topological polar surface area (TPSA) is 72.5 Å². The molecule has 5 nitrogen and oxygen atoms in total. The number of ketones is 2. The summed E-state index contributed by atoms with van der Waals surface area (Å²) in [6, 6.07) is -0.540. The third-order valence-corrected chi connectivity index (χ3v) is 3.26. The van der Waals surface area contributed by atoms with Crippen molar-refractivity contribution in [2.24, 2.45) is 5.92 Å². The largest absolute Gasteiger partial charge is 0.371 e. The van der Waals surface area contributed by atoms with Crippen molar-refractivity contribution in [3.05, 3.63) is 11.1 Å².